The summed E-state index contributed by atoms with van der Waals surface area (Å²) >= 11 is 0. The van der Waals surface area contributed by atoms with Gasteiger partial charge in [0.05, 0.1) is 6.10 Å². The van der Waals surface area contributed by atoms with Gasteiger partial charge in [0.25, 0.3) is 0 Å². The van der Waals surface area contributed by atoms with Gasteiger partial charge in [0.2, 0.25) is 0 Å². The highest BCUT2D eigenvalue weighted by Gasteiger charge is 2.40. The molecular formula is C16H27NO. The van der Waals surface area contributed by atoms with Crippen molar-refractivity contribution in [2.45, 2.75) is 58.1 Å². The lowest BCUT2D eigenvalue weighted by atomic mass is 9.83. The molecule has 1 heterocycles. The highest BCUT2D eigenvalue weighted by Crippen LogP contribution is 2.39. The molecule has 2 fully saturated rings. The van der Waals surface area contributed by atoms with E-state index in [1.807, 2.05) is 0 Å². The number of hydrogen-bond donors (Lipinski definition) is 1. The molecule has 0 aromatic heterocycles. The monoisotopic (exact) mass is 249 g/mol. The predicted octanol–water partition coefficient (Wildman–Crippen LogP) is 3.14. The van der Waals surface area contributed by atoms with Gasteiger partial charge in [0, 0.05) is 12.6 Å². The molecule has 1 saturated heterocycles. The highest BCUT2D eigenvalue weighted by atomic mass is 16.5. The van der Waals surface area contributed by atoms with Gasteiger partial charge in [-0.15, -0.1) is 0 Å². The third-order valence-corrected chi connectivity index (χ3v) is 4.78. The van der Waals surface area contributed by atoms with Crippen molar-refractivity contribution in [2.24, 2.45) is 17.8 Å². The second-order valence-electron chi connectivity index (χ2n) is 6.77. The summed E-state index contributed by atoms with van der Waals surface area (Å²) in [5.74, 6) is 2.48. The minimum atomic E-state index is 0.530. The van der Waals surface area contributed by atoms with Crippen molar-refractivity contribution in [2.75, 3.05) is 13.2 Å². The predicted molar refractivity (Wildman–Crippen MR) is 74.5 cm³/mol. The van der Waals surface area contributed by atoms with E-state index in [1.165, 1.54) is 38.6 Å². The van der Waals surface area contributed by atoms with E-state index < -0.39 is 0 Å². The Morgan fingerprint density at radius 3 is 2.89 bits per heavy atom. The van der Waals surface area contributed by atoms with Crippen molar-refractivity contribution in [1.29, 1.82) is 0 Å². The maximum absolute atomic E-state index is 5.90. The molecule has 0 aromatic carbocycles. The van der Waals surface area contributed by atoms with E-state index in [4.69, 9.17) is 4.74 Å². The number of rotatable bonds is 4. The molecule has 1 N–H and O–H groups in total. The Morgan fingerprint density at radius 1 is 1.33 bits per heavy atom. The van der Waals surface area contributed by atoms with Crippen molar-refractivity contribution < 1.29 is 4.74 Å². The van der Waals surface area contributed by atoms with Crippen molar-refractivity contribution >= 4 is 0 Å². The molecule has 2 aliphatic carbocycles. The molecule has 4 unspecified atom stereocenters. The Kier molecular flexibility index (Phi) is 3.76. The lowest BCUT2D eigenvalue weighted by Crippen LogP contribution is -2.40. The summed E-state index contributed by atoms with van der Waals surface area (Å²) in [5.41, 5.74) is 1.59. The van der Waals surface area contributed by atoms with Crippen LogP contribution in [-0.4, -0.2) is 25.3 Å². The van der Waals surface area contributed by atoms with Crippen molar-refractivity contribution in [3.63, 3.8) is 0 Å². The van der Waals surface area contributed by atoms with Crippen LogP contribution in [0.2, 0.25) is 0 Å². The van der Waals surface area contributed by atoms with E-state index in [0.717, 1.165) is 24.4 Å². The maximum atomic E-state index is 5.90. The van der Waals surface area contributed by atoms with E-state index >= 15 is 0 Å². The number of allylic oxidation sites excluding steroid dienone is 2. The molecule has 4 atom stereocenters. The second kappa shape index (κ2) is 5.34. The van der Waals surface area contributed by atoms with E-state index in [1.54, 1.807) is 5.57 Å². The lowest BCUT2D eigenvalue weighted by molar-refractivity contribution is 0.0801. The maximum Gasteiger partial charge on any atom is 0.0756 e. The summed E-state index contributed by atoms with van der Waals surface area (Å²) in [4.78, 5) is 0. The number of nitrogens with one attached hydrogen (secondary N) is 1. The molecule has 18 heavy (non-hydrogen) atoms. The average molecular weight is 249 g/mol. The first-order valence-corrected chi connectivity index (χ1v) is 7.74. The van der Waals surface area contributed by atoms with Crippen LogP contribution in [0, 0.1) is 17.8 Å². The second-order valence-corrected chi connectivity index (χ2v) is 6.77. The minimum Gasteiger partial charge on any atom is -0.376 e. The smallest absolute Gasteiger partial charge is 0.0756 e. The SMILES string of the molecule is CC1=CC(C)CC(CNC2CCOC2C2CC2)C1. The van der Waals surface area contributed by atoms with Gasteiger partial charge >= 0.3 is 0 Å². The summed E-state index contributed by atoms with van der Waals surface area (Å²) in [5, 5.41) is 3.81. The molecule has 0 aromatic rings. The fraction of sp³-hybridized carbons (Fsp3) is 0.875. The molecule has 0 amide bonds. The van der Waals surface area contributed by atoms with E-state index in [0.29, 0.717) is 12.1 Å². The minimum absolute atomic E-state index is 0.530. The van der Waals surface area contributed by atoms with Crippen LogP contribution in [0.15, 0.2) is 11.6 Å². The quantitative estimate of drug-likeness (QED) is 0.773. The zero-order valence-electron chi connectivity index (χ0n) is 11.8. The Balaban J connectivity index is 1.47. The fourth-order valence-corrected chi connectivity index (χ4v) is 3.88. The van der Waals surface area contributed by atoms with Gasteiger partial charge in [-0.3, -0.25) is 0 Å². The molecule has 3 rings (SSSR count). The summed E-state index contributed by atoms with van der Waals surface area (Å²) in [6.45, 7) is 6.79. The molecular weight excluding hydrogens is 222 g/mol. The van der Waals surface area contributed by atoms with Gasteiger partial charge in [-0.1, -0.05) is 18.6 Å². The van der Waals surface area contributed by atoms with Crippen LogP contribution >= 0.6 is 0 Å². The Hall–Kier alpha value is -0.340. The molecule has 3 aliphatic rings. The third kappa shape index (κ3) is 2.97. The van der Waals surface area contributed by atoms with Crippen LogP contribution < -0.4 is 5.32 Å². The molecule has 1 saturated carbocycles. The topological polar surface area (TPSA) is 21.3 Å². The Labute approximate surface area is 111 Å². The van der Waals surface area contributed by atoms with E-state index in [9.17, 15) is 0 Å². The standard InChI is InChI=1S/C16H27NO/c1-11-7-12(2)9-13(8-11)10-17-15-5-6-18-16(15)14-3-4-14/h7,11,13-17H,3-6,8-10H2,1-2H3. The van der Waals surface area contributed by atoms with Crippen LogP contribution in [0.1, 0.15) is 46.0 Å². The molecule has 102 valence electrons. The normalized spacial score (nSPS) is 40.9. The first-order chi connectivity index (χ1) is 8.72. The summed E-state index contributed by atoms with van der Waals surface area (Å²) in [6.07, 6.45) is 9.63. The Bertz CT molecular complexity index is 321. The molecule has 0 spiro atoms. The summed E-state index contributed by atoms with van der Waals surface area (Å²) in [6, 6.07) is 0.638. The fourth-order valence-electron chi connectivity index (χ4n) is 3.88. The molecule has 0 radical (unpaired) electrons. The van der Waals surface area contributed by atoms with Gasteiger partial charge in [0.1, 0.15) is 0 Å². The van der Waals surface area contributed by atoms with Crippen molar-refractivity contribution in [3.05, 3.63) is 11.6 Å². The molecule has 0 bridgehead atoms. The highest BCUT2D eigenvalue weighted by molar-refractivity contribution is 5.06. The molecule has 2 nitrogen and oxygen atoms in total. The first kappa shape index (κ1) is 12.7. The van der Waals surface area contributed by atoms with Gasteiger partial charge in [-0.25, -0.2) is 0 Å². The third-order valence-electron chi connectivity index (χ3n) is 4.78. The summed E-state index contributed by atoms with van der Waals surface area (Å²) in [7, 11) is 0. The average Bonchev–Trinajstić information content (AvgIpc) is 3.05. The first-order valence-electron chi connectivity index (χ1n) is 7.74. The number of hydrogen-bond acceptors (Lipinski definition) is 2. The van der Waals surface area contributed by atoms with Gasteiger partial charge in [-0.05, 0) is 63.3 Å². The van der Waals surface area contributed by atoms with E-state index in [-0.39, 0.29) is 0 Å². The van der Waals surface area contributed by atoms with E-state index in [2.05, 4.69) is 25.2 Å². The van der Waals surface area contributed by atoms with Gasteiger partial charge in [0.15, 0.2) is 0 Å². The van der Waals surface area contributed by atoms with Crippen LogP contribution in [0.3, 0.4) is 0 Å². The van der Waals surface area contributed by atoms with Gasteiger partial charge < -0.3 is 10.1 Å². The summed E-state index contributed by atoms with van der Waals surface area (Å²) < 4.78 is 5.90. The Morgan fingerprint density at radius 2 is 2.17 bits per heavy atom. The lowest BCUT2D eigenvalue weighted by Gasteiger charge is -2.28. The van der Waals surface area contributed by atoms with Crippen molar-refractivity contribution in [3.8, 4) is 0 Å². The van der Waals surface area contributed by atoms with Crippen LogP contribution in [0.4, 0.5) is 0 Å². The van der Waals surface area contributed by atoms with Crippen LogP contribution in [-0.2, 0) is 4.74 Å². The van der Waals surface area contributed by atoms with Crippen LogP contribution in [0.25, 0.3) is 0 Å². The molecule has 2 heteroatoms. The van der Waals surface area contributed by atoms with Crippen molar-refractivity contribution in [1.82, 2.24) is 5.32 Å². The zero-order valence-corrected chi connectivity index (χ0v) is 11.8. The number of ether oxygens (including phenoxy) is 1. The molecule has 1 aliphatic heterocycles. The zero-order chi connectivity index (χ0) is 12.5. The van der Waals surface area contributed by atoms with Gasteiger partial charge in [-0.2, -0.15) is 0 Å². The van der Waals surface area contributed by atoms with Crippen LogP contribution in [0.5, 0.6) is 0 Å². The largest absolute Gasteiger partial charge is 0.376 e.